The van der Waals surface area contributed by atoms with E-state index in [0.717, 1.165) is 32.5 Å². The van der Waals surface area contributed by atoms with Crippen LogP contribution < -0.4 is 27.0 Å². The summed E-state index contributed by atoms with van der Waals surface area (Å²) in [5, 5.41) is 12.6. The van der Waals surface area contributed by atoms with Crippen LogP contribution in [-0.4, -0.2) is 59.2 Å². The van der Waals surface area contributed by atoms with Gasteiger partial charge in [0.2, 0.25) is 0 Å². The highest BCUT2D eigenvalue weighted by atomic mass is 16.5. The number of ether oxygens (including phenoxy) is 1. The average molecular weight is 373 g/mol. The zero-order valence-electron chi connectivity index (χ0n) is 17.7. The van der Waals surface area contributed by atoms with Gasteiger partial charge in [0.1, 0.15) is 0 Å². The second-order valence-electron chi connectivity index (χ2n) is 7.12. The van der Waals surface area contributed by atoms with Gasteiger partial charge in [0.05, 0.1) is 19.1 Å². The van der Waals surface area contributed by atoms with Crippen LogP contribution in [-0.2, 0) is 4.74 Å². The van der Waals surface area contributed by atoms with Crippen LogP contribution in [0.1, 0.15) is 52.9 Å². The molecule has 0 saturated heterocycles. The summed E-state index contributed by atoms with van der Waals surface area (Å²) >= 11 is 0. The van der Waals surface area contributed by atoms with Gasteiger partial charge in [-0.1, -0.05) is 40.0 Å². The van der Waals surface area contributed by atoms with Crippen molar-refractivity contribution in [2.24, 2.45) is 22.6 Å². The lowest BCUT2D eigenvalue weighted by molar-refractivity contribution is 0.00278. The fourth-order valence-corrected chi connectivity index (χ4v) is 2.51. The molecule has 0 spiro atoms. The van der Waals surface area contributed by atoms with Gasteiger partial charge >= 0.3 is 0 Å². The first-order valence-electron chi connectivity index (χ1n) is 10.2. The molecular formula is C19H44N6O. The number of nitrogens with zero attached hydrogens (tertiary/aromatic N) is 1. The van der Waals surface area contributed by atoms with Gasteiger partial charge in [0.25, 0.3) is 0 Å². The Kier molecular flexibility index (Phi) is 17.2. The Morgan fingerprint density at radius 3 is 2.54 bits per heavy atom. The van der Waals surface area contributed by atoms with E-state index in [1.165, 1.54) is 19.3 Å². The Morgan fingerprint density at radius 1 is 1.12 bits per heavy atom. The predicted octanol–water partition coefficient (Wildman–Crippen LogP) is 1.46. The normalized spacial score (nSPS) is 16.5. The molecule has 0 aromatic heterocycles. The van der Waals surface area contributed by atoms with Crippen molar-refractivity contribution in [1.29, 1.82) is 0 Å². The lowest BCUT2D eigenvalue weighted by Gasteiger charge is -2.23. The highest BCUT2D eigenvalue weighted by molar-refractivity contribution is 5.54. The lowest BCUT2D eigenvalue weighted by atomic mass is 9.91. The largest absolute Gasteiger partial charge is 0.374 e. The number of rotatable bonds is 18. The number of hydrogen-bond donors (Lipinski definition) is 5. The summed E-state index contributed by atoms with van der Waals surface area (Å²) in [6.45, 7) is 10.0. The van der Waals surface area contributed by atoms with Crippen LogP contribution in [0.5, 0.6) is 0 Å². The molecule has 0 rings (SSSR count). The van der Waals surface area contributed by atoms with Crippen LogP contribution in [0.4, 0.5) is 0 Å². The van der Waals surface area contributed by atoms with E-state index in [-0.39, 0.29) is 12.5 Å². The highest BCUT2D eigenvalue weighted by Crippen LogP contribution is 2.17. The maximum atomic E-state index is 6.06. The zero-order valence-corrected chi connectivity index (χ0v) is 17.7. The van der Waals surface area contributed by atoms with E-state index in [1.807, 2.05) is 14.1 Å². The number of nitrogens with two attached hydrogens (primary N) is 1. The Bertz CT molecular complexity index is 329. The minimum absolute atomic E-state index is 0.205. The number of hydrogen-bond acceptors (Lipinski definition) is 6. The molecular weight excluding hydrogens is 328 g/mol. The van der Waals surface area contributed by atoms with Crippen LogP contribution in [0.25, 0.3) is 0 Å². The molecule has 0 saturated carbocycles. The third kappa shape index (κ3) is 14.4. The van der Waals surface area contributed by atoms with Gasteiger partial charge < -0.3 is 21.1 Å². The van der Waals surface area contributed by atoms with Gasteiger partial charge in [-0.05, 0) is 45.3 Å². The lowest BCUT2D eigenvalue weighted by Crippen LogP contribution is -2.54. The minimum Gasteiger partial charge on any atom is -0.374 e. The van der Waals surface area contributed by atoms with Crippen molar-refractivity contribution in [3.8, 4) is 0 Å². The van der Waals surface area contributed by atoms with Crippen molar-refractivity contribution in [3.63, 3.8) is 0 Å². The third-order valence-electron chi connectivity index (χ3n) is 4.63. The molecule has 0 fully saturated rings. The number of unbranched alkanes of at least 4 members (excludes halogenated alkanes) is 2. The maximum Gasteiger partial charge on any atom is 0.164 e. The van der Waals surface area contributed by atoms with Crippen LogP contribution in [0.3, 0.4) is 0 Å². The van der Waals surface area contributed by atoms with E-state index in [1.54, 1.807) is 6.34 Å². The molecule has 0 bridgehead atoms. The highest BCUT2D eigenvalue weighted by Gasteiger charge is 2.11. The molecule has 0 aromatic carbocycles. The summed E-state index contributed by atoms with van der Waals surface area (Å²) in [4.78, 5) is 4.49. The summed E-state index contributed by atoms with van der Waals surface area (Å²) in [5.74, 6) is 1.29. The Hall–Kier alpha value is -0.730. The first kappa shape index (κ1) is 25.3. The smallest absolute Gasteiger partial charge is 0.164 e. The zero-order chi connectivity index (χ0) is 19.6. The standard InChI is InChI=1S/C19H44N6O/c1-6-7-12-26-19(22-5)25-18(20)14-24-15-23-13-17(3)16(2)10-8-9-11-21-4/h15-19,21-22,25H,6-14,20H2,1-5H3,(H,23,24)/t16-,17-,18?,19-/m0/s1. The first-order chi connectivity index (χ1) is 12.5. The predicted molar refractivity (Wildman–Crippen MR) is 112 cm³/mol. The average Bonchev–Trinajstić information content (AvgIpc) is 2.63. The first-order valence-corrected chi connectivity index (χ1v) is 10.2. The van der Waals surface area contributed by atoms with E-state index < -0.39 is 0 Å². The monoisotopic (exact) mass is 372 g/mol. The Labute approximate surface area is 161 Å². The van der Waals surface area contributed by atoms with Crippen LogP contribution in [0.15, 0.2) is 4.99 Å². The van der Waals surface area contributed by atoms with Crippen molar-refractivity contribution in [2.45, 2.75) is 65.4 Å². The van der Waals surface area contributed by atoms with Crippen LogP contribution >= 0.6 is 0 Å². The van der Waals surface area contributed by atoms with Crippen molar-refractivity contribution in [1.82, 2.24) is 21.3 Å². The number of nitrogens with one attached hydrogen (secondary N) is 4. The van der Waals surface area contributed by atoms with Gasteiger partial charge in [0, 0.05) is 13.1 Å². The fraction of sp³-hybridized carbons (Fsp3) is 0.947. The molecule has 7 nitrogen and oxygen atoms in total. The molecule has 26 heavy (non-hydrogen) atoms. The van der Waals surface area contributed by atoms with Gasteiger partial charge in [-0.3, -0.25) is 15.6 Å². The molecule has 0 aromatic rings. The van der Waals surface area contributed by atoms with Crippen LogP contribution in [0.2, 0.25) is 0 Å². The summed E-state index contributed by atoms with van der Waals surface area (Å²) in [6.07, 6.45) is 7.31. The second-order valence-corrected chi connectivity index (χ2v) is 7.12. The summed E-state index contributed by atoms with van der Waals surface area (Å²) in [5.41, 5.74) is 6.06. The summed E-state index contributed by atoms with van der Waals surface area (Å²) < 4.78 is 5.67. The quantitative estimate of drug-likeness (QED) is 0.108. The van der Waals surface area contributed by atoms with Gasteiger partial charge in [-0.25, -0.2) is 0 Å². The summed E-state index contributed by atoms with van der Waals surface area (Å²) in [7, 11) is 3.86. The molecule has 1 unspecified atom stereocenters. The van der Waals surface area contributed by atoms with Crippen molar-refractivity contribution < 1.29 is 4.74 Å². The molecule has 7 heteroatoms. The number of aliphatic imine (C=N–C) groups is 1. The molecule has 156 valence electrons. The van der Waals surface area contributed by atoms with Gasteiger partial charge in [-0.15, -0.1) is 0 Å². The van der Waals surface area contributed by atoms with E-state index in [2.05, 4.69) is 47.0 Å². The SMILES string of the molecule is CCCCO[C@@H](NC)NC(N)CNC=NC[C@H](C)[C@@H](C)CCCCNC. The van der Waals surface area contributed by atoms with Gasteiger partial charge in [-0.2, -0.15) is 0 Å². The van der Waals surface area contributed by atoms with Crippen molar-refractivity contribution in [2.75, 3.05) is 40.3 Å². The van der Waals surface area contributed by atoms with Crippen LogP contribution in [0, 0.1) is 11.8 Å². The van der Waals surface area contributed by atoms with Gasteiger partial charge in [0.15, 0.2) is 6.35 Å². The van der Waals surface area contributed by atoms with Crippen molar-refractivity contribution >= 4 is 6.34 Å². The van der Waals surface area contributed by atoms with E-state index >= 15 is 0 Å². The minimum atomic E-state index is -0.223. The Morgan fingerprint density at radius 2 is 1.88 bits per heavy atom. The topological polar surface area (TPSA) is 95.7 Å². The molecule has 0 amide bonds. The van der Waals surface area contributed by atoms with Crippen molar-refractivity contribution in [3.05, 3.63) is 0 Å². The molecule has 0 radical (unpaired) electrons. The van der Waals surface area contributed by atoms with E-state index in [4.69, 9.17) is 10.5 Å². The third-order valence-corrected chi connectivity index (χ3v) is 4.63. The van der Waals surface area contributed by atoms with E-state index in [0.29, 0.717) is 18.4 Å². The summed E-state index contributed by atoms with van der Waals surface area (Å²) in [6, 6.07) is 0. The van der Waals surface area contributed by atoms with E-state index in [9.17, 15) is 0 Å². The molecule has 0 aliphatic heterocycles. The second kappa shape index (κ2) is 17.7. The maximum absolute atomic E-state index is 6.06. The molecule has 0 aliphatic carbocycles. The molecule has 0 heterocycles. The molecule has 6 N–H and O–H groups in total. The Balaban J connectivity index is 3.82. The fourth-order valence-electron chi connectivity index (χ4n) is 2.51. The molecule has 0 aliphatic rings. The molecule has 4 atom stereocenters.